The van der Waals surface area contributed by atoms with E-state index in [1.54, 1.807) is 0 Å². The lowest BCUT2D eigenvalue weighted by Gasteiger charge is -2.27. The monoisotopic (exact) mass is 240 g/mol. The summed E-state index contributed by atoms with van der Waals surface area (Å²) in [6, 6.07) is 0. The highest BCUT2D eigenvalue weighted by Gasteiger charge is 2.36. The van der Waals surface area contributed by atoms with Gasteiger partial charge in [-0.15, -0.1) is 0 Å². The van der Waals surface area contributed by atoms with Crippen LogP contribution in [0.15, 0.2) is 0 Å². The second kappa shape index (κ2) is 5.36. The summed E-state index contributed by atoms with van der Waals surface area (Å²) < 4.78 is 0. The Labute approximate surface area is 103 Å². The van der Waals surface area contributed by atoms with E-state index in [9.17, 15) is 9.90 Å². The van der Waals surface area contributed by atoms with Crippen molar-refractivity contribution < 1.29 is 9.90 Å². The van der Waals surface area contributed by atoms with Crippen LogP contribution in [0.4, 0.5) is 0 Å². The van der Waals surface area contributed by atoms with Gasteiger partial charge in [-0.05, 0) is 51.5 Å². The van der Waals surface area contributed by atoms with E-state index in [0.29, 0.717) is 5.92 Å². The Morgan fingerprint density at radius 3 is 2.71 bits per heavy atom. The number of hydrogen-bond acceptors (Lipinski definition) is 3. The highest BCUT2D eigenvalue weighted by Crippen LogP contribution is 2.26. The molecule has 0 bridgehead atoms. The van der Waals surface area contributed by atoms with Gasteiger partial charge in [-0.25, -0.2) is 0 Å². The zero-order valence-corrected chi connectivity index (χ0v) is 10.7. The summed E-state index contributed by atoms with van der Waals surface area (Å²) in [5.41, 5.74) is -0.214. The maximum atomic E-state index is 12.1. The smallest absolute Gasteiger partial charge is 0.227 e. The molecule has 0 spiro atoms. The van der Waals surface area contributed by atoms with Crippen LogP contribution in [0.25, 0.3) is 0 Å². The van der Waals surface area contributed by atoms with Crippen LogP contribution >= 0.6 is 0 Å². The maximum absolute atomic E-state index is 12.1. The van der Waals surface area contributed by atoms with Crippen LogP contribution in [0.5, 0.6) is 0 Å². The van der Waals surface area contributed by atoms with Crippen molar-refractivity contribution in [2.45, 2.75) is 45.1 Å². The van der Waals surface area contributed by atoms with E-state index in [-0.39, 0.29) is 17.4 Å². The normalized spacial score (nSPS) is 38.0. The van der Waals surface area contributed by atoms with Gasteiger partial charge in [0.15, 0.2) is 0 Å². The molecule has 2 rings (SSSR count). The zero-order valence-electron chi connectivity index (χ0n) is 10.7. The minimum Gasteiger partial charge on any atom is -0.393 e. The van der Waals surface area contributed by atoms with Crippen LogP contribution in [0, 0.1) is 11.3 Å². The number of nitrogens with one attached hydrogen (secondary N) is 2. The first-order chi connectivity index (χ1) is 8.10. The molecule has 4 heteroatoms. The lowest BCUT2D eigenvalue weighted by atomic mass is 9.86. The topological polar surface area (TPSA) is 61.4 Å². The van der Waals surface area contributed by atoms with Crippen LogP contribution in [0.1, 0.15) is 39.0 Å². The molecule has 1 heterocycles. The number of carbonyl (C=O) groups is 1. The molecule has 1 unspecified atom stereocenters. The lowest BCUT2D eigenvalue weighted by Crippen LogP contribution is -2.42. The van der Waals surface area contributed by atoms with Gasteiger partial charge in [0.1, 0.15) is 0 Å². The first kappa shape index (κ1) is 12.8. The summed E-state index contributed by atoms with van der Waals surface area (Å²) in [5, 5.41) is 15.8. The molecule has 1 aliphatic heterocycles. The molecule has 1 saturated heterocycles. The number of aliphatic hydroxyl groups excluding tert-OH is 1. The van der Waals surface area contributed by atoms with Crippen molar-refractivity contribution >= 4 is 5.91 Å². The third-order valence-corrected chi connectivity index (χ3v) is 4.28. The number of hydrogen-bond donors (Lipinski definition) is 3. The predicted octanol–water partition coefficient (Wildman–Crippen LogP) is 0.653. The first-order valence-electron chi connectivity index (χ1n) is 6.77. The summed E-state index contributed by atoms with van der Waals surface area (Å²) in [6.45, 7) is 4.55. The maximum Gasteiger partial charge on any atom is 0.227 e. The van der Waals surface area contributed by atoms with Crippen molar-refractivity contribution in [3.63, 3.8) is 0 Å². The SMILES string of the molecule is CC1(C(=O)NCC2CCC(O)CC2)CCNC1. The predicted molar refractivity (Wildman–Crippen MR) is 66.6 cm³/mol. The molecule has 17 heavy (non-hydrogen) atoms. The molecule has 1 saturated carbocycles. The van der Waals surface area contributed by atoms with E-state index in [1.807, 2.05) is 6.92 Å². The van der Waals surface area contributed by atoms with Crippen LogP contribution in [-0.2, 0) is 4.79 Å². The average molecular weight is 240 g/mol. The van der Waals surface area contributed by atoms with Crippen molar-refractivity contribution in [3.05, 3.63) is 0 Å². The number of rotatable bonds is 3. The third-order valence-electron chi connectivity index (χ3n) is 4.28. The van der Waals surface area contributed by atoms with E-state index in [0.717, 1.165) is 51.7 Å². The molecule has 1 atom stereocenters. The molecule has 2 fully saturated rings. The first-order valence-corrected chi connectivity index (χ1v) is 6.77. The van der Waals surface area contributed by atoms with Gasteiger partial charge < -0.3 is 15.7 Å². The molecule has 0 aromatic rings. The van der Waals surface area contributed by atoms with Gasteiger partial charge >= 0.3 is 0 Å². The zero-order chi connectivity index (χ0) is 12.3. The van der Waals surface area contributed by atoms with Crippen LogP contribution < -0.4 is 10.6 Å². The summed E-state index contributed by atoms with van der Waals surface area (Å²) in [4.78, 5) is 12.1. The van der Waals surface area contributed by atoms with Crippen LogP contribution in [0.3, 0.4) is 0 Å². The van der Waals surface area contributed by atoms with Gasteiger partial charge in [-0.3, -0.25) is 4.79 Å². The molecule has 1 amide bonds. The molecule has 0 radical (unpaired) electrons. The van der Waals surface area contributed by atoms with E-state index < -0.39 is 0 Å². The molecular formula is C13H24N2O2. The Hall–Kier alpha value is -0.610. The Morgan fingerprint density at radius 1 is 1.41 bits per heavy atom. The number of carbonyl (C=O) groups excluding carboxylic acids is 1. The van der Waals surface area contributed by atoms with Gasteiger partial charge in [0.05, 0.1) is 11.5 Å². The van der Waals surface area contributed by atoms with Crippen molar-refractivity contribution in [3.8, 4) is 0 Å². The molecule has 0 aromatic carbocycles. The fourth-order valence-corrected chi connectivity index (χ4v) is 2.81. The summed E-state index contributed by atoms with van der Waals surface area (Å²) in [5.74, 6) is 0.744. The van der Waals surface area contributed by atoms with Crippen LogP contribution in [0.2, 0.25) is 0 Å². The van der Waals surface area contributed by atoms with Crippen molar-refractivity contribution in [1.29, 1.82) is 0 Å². The summed E-state index contributed by atoms with van der Waals surface area (Å²) in [7, 11) is 0. The Morgan fingerprint density at radius 2 is 2.12 bits per heavy atom. The van der Waals surface area contributed by atoms with Crippen molar-refractivity contribution in [2.24, 2.45) is 11.3 Å². The molecule has 4 nitrogen and oxygen atoms in total. The van der Waals surface area contributed by atoms with E-state index in [1.165, 1.54) is 0 Å². The fraction of sp³-hybridized carbons (Fsp3) is 0.923. The standard InChI is InChI=1S/C13H24N2O2/c1-13(6-7-14-9-13)12(17)15-8-10-2-4-11(16)5-3-10/h10-11,14,16H,2-9H2,1H3,(H,15,17). The second-order valence-electron chi connectivity index (χ2n) is 5.87. The second-order valence-corrected chi connectivity index (χ2v) is 5.87. The highest BCUT2D eigenvalue weighted by atomic mass is 16.3. The largest absolute Gasteiger partial charge is 0.393 e. The number of amides is 1. The summed E-state index contributed by atoms with van der Waals surface area (Å²) in [6.07, 6.45) is 4.67. The number of aliphatic hydroxyl groups is 1. The van der Waals surface area contributed by atoms with Gasteiger partial charge in [0, 0.05) is 13.1 Å². The van der Waals surface area contributed by atoms with E-state index in [4.69, 9.17) is 0 Å². The van der Waals surface area contributed by atoms with Crippen molar-refractivity contribution in [2.75, 3.05) is 19.6 Å². The van der Waals surface area contributed by atoms with Crippen molar-refractivity contribution in [1.82, 2.24) is 10.6 Å². The minimum atomic E-state index is -0.214. The van der Waals surface area contributed by atoms with E-state index >= 15 is 0 Å². The average Bonchev–Trinajstić information content (AvgIpc) is 2.76. The van der Waals surface area contributed by atoms with Gasteiger partial charge in [-0.2, -0.15) is 0 Å². The molecule has 98 valence electrons. The lowest BCUT2D eigenvalue weighted by molar-refractivity contribution is -0.129. The van der Waals surface area contributed by atoms with E-state index in [2.05, 4.69) is 10.6 Å². The fourth-order valence-electron chi connectivity index (χ4n) is 2.81. The molecular weight excluding hydrogens is 216 g/mol. The van der Waals surface area contributed by atoms with Gasteiger partial charge in [-0.1, -0.05) is 0 Å². The molecule has 2 aliphatic rings. The van der Waals surface area contributed by atoms with Crippen LogP contribution in [-0.4, -0.2) is 36.8 Å². The Balaban J connectivity index is 1.72. The molecule has 3 N–H and O–H groups in total. The highest BCUT2D eigenvalue weighted by molar-refractivity contribution is 5.82. The Bertz CT molecular complexity index is 267. The molecule has 1 aliphatic carbocycles. The summed E-state index contributed by atoms with van der Waals surface area (Å²) >= 11 is 0. The Kier molecular flexibility index (Phi) is 4.05. The van der Waals surface area contributed by atoms with Gasteiger partial charge in [0.2, 0.25) is 5.91 Å². The molecule has 0 aromatic heterocycles. The van der Waals surface area contributed by atoms with Gasteiger partial charge in [0.25, 0.3) is 0 Å². The quantitative estimate of drug-likeness (QED) is 0.679. The third kappa shape index (κ3) is 3.19. The minimum absolute atomic E-state index is 0.112.